The second-order valence-electron chi connectivity index (χ2n) is 13.1. The second kappa shape index (κ2) is 10.8. The zero-order chi connectivity index (χ0) is 33.5. The maximum atomic E-state index is 6.62. The van der Waals surface area contributed by atoms with Crippen molar-refractivity contribution in [2.45, 2.75) is 6.42 Å². The number of pyridine rings is 2. The van der Waals surface area contributed by atoms with E-state index in [1.54, 1.807) is 0 Å². The zero-order valence-corrected chi connectivity index (χ0v) is 27.4. The van der Waals surface area contributed by atoms with Crippen LogP contribution < -0.4 is 9.64 Å². The van der Waals surface area contributed by atoms with E-state index in [0.29, 0.717) is 0 Å². The molecule has 0 aliphatic carbocycles. The SMILES string of the molecule is c1ccc(-n2c3ccccc3c3cc4c(cc32)Cc2cccnc2N4c2cccc(Oc3ccc4c5ccccc5n5ccnc5c4c3)c2)cc1. The molecule has 51 heavy (non-hydrogen) atoms. The summed E-state index contributed by atoms with van der Waals surface area (Å²) < 4.78 is 11.2. The summed E-state index contributed by atoms with van der Waals surface area (Å²) in [6, 6.07) is 51.3. The molecule has 1 aliphatic rings. The van der Waals surface area contributed by atoms with Crippen LogP contribution >= 0.6 is 0 Å². The average Bonchev–Trinajstić information content (AvgIpc) is 3.80. The summed E-state index contributed by atoms with van der Waals surface area (Å²) in [6.45, 7) is 0. The Morgan fingerprint density at radius 1 is 0.490 bits per heavy atom. The normalized spacial score (nSPS) is 12.6. The minimum absolute atomic E-state index is 0.748. The molecule has 0 fully saturated rings. The number of fused-ring (bicyclic) bond motifs is 11. The highest BCUT2D eigenvalue weighted by Gasteiger charge is 2.27. The molecule has 0 saturated carbocycles. The molecule has 0 unspecified atom stereocenters. The lowest BCUT2D eigenvalue weighted by atomic mass is 9.95. The maximum Gasteiger partial charge on any atom is 0.145 e. The Hall–Kier alpha value is -6.92. The number of anilines is 3. The molecule has 11 rings (SSSR count). The van der Waals surface area contributed by atoms with Crippen molar-refractivity contribution in [1.82, 2.24) is 18.9 Å². The Balaban J connectivity index is 1.05. The number of para-hydroxylation sites is 3. The summed E-state index contributed by atoms with van der Waals surface area (Å²) in [5.41, 5.74) is 10.1. The van der Waals surface area contributed by atoms with Gasteiger partial charge in [0.1, 0.15) is 23.0 Å². The number of ether oxygens (including phenoxy) is 1. The van der Waals surface area contributed by atoms with Crippen LogP contribution in [0.2, 0.25) is 0 Å². The van der Waals surface area contributed by atoms with Gasteiger partial charge in [0.25, 0.3) is 0 Å². The van der Waals surface area contributed by atoms with Crippen molar-refractivity contribution in [1.29, 1.82) is 0 Å². The van der Waals surface area contributed by atoms with Crippen molar-refractivity contribution >= 4 is 66.3 Å². The first-order valence-corrected chi connectivity index (χ1v) is 17.2. The van der Waals surface area contributed by atoms with Crippen LogP contribution in [0.1, 0.15) is 11.1 Å². The lowest BCUT2D eigenvalue weighted by Gasteiger charge is -2.32. The standard InChI is InChI=1S/C45H29N5O/c1-2-11-31(12-3-1)49-41-18-7-5-16-37(41)38-28-42-30(25-43(38)49)24-29-10-9-21-46-44(29)50(42)32-13-8-14-33(26-32)51-34-19-20-35-36-15-4-6-17-40(36)48-23-22-47-45(48)39(35)27-34/h1-23,25-28H,24H2. The molecule has 0 radical (unpaired) electrons. The van der Waals surface area contributed by atoms with Crippen LogP contribution in [0.4, 0.5) is 17.2 Å². The third-order valence-corrected chi connectivity index (χ3v) is 10.2. The van der Waals surface area contributed by atoms with Crippen molar-refractivity contribution in [3.63, 3.8) is 0 Å². The molecule has 0 bridgehead atoms. The summed E-state index contributed by atoms with van der Waals surface area (Å²) in [4.78, 5) is 11.9. The van der Waals surface area contributed by atoms with Crippen molar-refractivity contribution in [3.8, 4) is 17.2 Å². The molecule has 0 spiro atoms. The van der Waals surface area contributed by atoms with Gasteiger partial charge >= 0.3 is 0 Å². The fraction of sp³-hybridized carbons (Fsp3) is 0.0222. The molecule has 240 valence electrons. The lowest BCUT2D eigenvalue weighted by molar-refractivity contribution is 0.483. The summed E-state index contributed by atoms with van der Waals surface area (Å²) in [5.74, 6) is 2.44. The molecule has 0 N–H and O–H groups in total. The van der Waals surface area contributed by atoms with Gasteiger partial charge in [-0.3, -0.25) is 9.30 Å². The predicted octanol–water partition coefficient (Wildman–Crippen LogP) is 11.3. The molecule has 0 atom stereocenters. The van der Waals surface area contributed by atoms with Gasteiger partial charge in [-0.25, -0.2) is 9.97 Å². The molecule has 6 heteroatoms. The number of imidazole rings is 1. The number of nitrogens with zero attached hydrogens (tertiary/aromatic N) is 5. The van der Waals surface area contributed by atoms with E-state index in [1.807, 2.05) is 36.8 Å². The van der Waals surface area contributed by atoms with Gasteiger partial charge in [-0.15, -0.1) is 0 Å². The van der Waals surface area contributed by atoms with E-state index < -0.39 is 0 Å². The van der Waals surface area contributed by atoms with E-state index in [0.717, 1.165) is 62.7 Å². The Morgan fingerprint density at radius 3 is 2.18 bits per heavy atom. The van der Waals surface area contributed by atoms with E-state index in [2.05, 4.69) is 141 Å². The molecular formula is C45H29N5O. The highest BCUT2D eigenvalue weighted by Crippen LogP contribution is 2.47. The fourth-order valence-corrected chi connectivity index (χ4v) is 8.04. The summed E-state index contributed by atoms with van der Waals surface area (Å²) >= 11 is 0. The van der Waals surface area contributed by atoms with E-state index in [4.69, 9.17) is 14.7 Å². The van der Waals surface area contributed by atoms with Gasteiger partial charge in [-0.2, -0.15) is 0 Å². The van der Waals surface area contributed by atoms with E-state index in [-0.39, 0.29) is 0 Å². The number of aromatic nitrogens is 4. The number of hydrogen-bond donors (Lipinski definition) is 0. The molecule has 6 nitrogen and oxygen atoms in total. The first kappa shape index (κ1) is 28.0. The summed E-state index contributed by atoms with van der Waals surface area (Å²) in [7, 11) is 0. The summed E-state index contributed by atoms with van der Waals surface area (Å²) in [5, 5.41) is 5.81. The van der Waals surface area contributed by atoms with Crippen molar-refractivity contribution in [2.75, 3.05) is 4.90 Å². The lowest BCUT2D eigenvalue weighted by Crippen LogP contribution is -2.20. The number of hydrogen-bond acceptors (Lipinski definition) is 4. The molecule has 4 aromatic heterocycles. The van der Waals surface area contributed by atoms with Crippen LogP contribution in [-0.2, 0) is 6.42 Å². The highest BCUT2D eigenvalue weighted by molar-refractivity contribution is 6.13. The molecular weight excluding hydrogens is 627 g/mol. The fourth-order valence-electron chi connectivity index (χ4n) is 8.04. The first-order chi connectivity index (χ1) is 25.3. The van der Waals surface area contributed by atoms with Crippen LogP contribution in [0.5, 0.6) is 11.5 Å². The maximum absolute atomic E-state index is 6.62. The van der Waals surface area contributed by atoms with Crippen molar-refractivity contribution in [3.05, 3.63) is 175 Å². The van der Waals surface area contributed by atoms with Crippen molar-refractivity contribution in [2.24, 2.45) is 0 Å². The molecule has 0 saturated heterocycles. The van der Waals surface area contributed by atoms with Gasteiger partial charge < -0.3 is 9.30 Å². The number of rotatable bonds is 4. The third kappa shape index (κ3) is 4.23. The van der Waals surface area contributed by atoms with Crippen LogP contribution in [0.25, 0.3) is 54.8 Å². The van der Waals surface area contributed by atoms with Crippen LogP contribution in [0, 0.1) is 0 Å². The topological polar surface area (TPSA) is 47.6 Å². The van der Waals surface area contributed by atoms with E-state index >= 15 is 0 Å². The van der Waals surface area contributed by atoms with Gasteiger partial charge in [0.2, 0.25) is 0 Å². The minimum Gasteiger partial charge on any atom is -0.457 e. The van der Waals surface area contributed by atoms with Gasteiger partial charge in [0.15, 0.2) is 0 Å². The minimum atomic E-state index is 0.748. The zero-order valence-electron chi connectivity index (χ0n) is 27.4. The largest absolute Gasteiger partial charge is 0.457 e. The first-order valence-electron chi connectivity index (χ1n) is 17.2. The van der Waals surface area contributed by atoms with Gasteiger partial charge in [-0.1, -0.05) is 66.7 Å². The third-order valence-electron chi connectivity index (χ3n) is 10.2. The van der Waals surface area contributed by atoms with Crippen molar-refractivity contribution < 1.29 is 4.74 Å². The Bertz CT molecular complexity index is 3000. The number of benzene rings is 6. The van der Waals surface area contributed by atoms with E-state index in [9.17, 15) is 0 Å². The Morgan fingerprint density at radius 2 is 1.27 bits per heavy atom. The van der Waals surface area contributed by atoms with E-state index in [1.165, 1.54) is 38.3 Å². The van der Waals surface area contributed by atoms with Gasteiger partial charge in [-0.05, 0) is 89.3 Å². The molecule has 5 heterocycles. The Kier molecular flexibility index (Phi) is 5.92. The van der Waals surface area contributed by atoms with Crippen LogP contribution in [0.3, 0.4) is 0 Å². The predicted molar refractivity (Wildman–Crippen MR) is 206 cm³/mol. The monoisotopic (exact) mass is 655 g/mol. The highest BCUT2D eigenvalue weighted by atomic mass is 16.5. The molecule has 10 aromatic rings. The van der Waals surface area contributed by atoms with Crippen LogP contribution in [0.15, 0.2) is 164 Å². The Labute approximate surface area is 293 Å². The van der Waals surface area contributed by atoms with Gasteiger partial charge in [0, 0.05) is 58.3 Å². The quantitative estimate of drug-likeness (QED) is 0.177. The van der Waals surface area contributed by atoms with Crippen LogP contribution in [-0.4, -0.2) is 18.9 Å². The van der Waals surface area contributed by atoms with Gasteiger partial charge in [0.05, 0.1) is 27.9 Å². The molecule has 6 aromatic carbocycles. The summed E-state index contributed by atoms with van der Waals surface area (Å²) in [6.07, 6.45) is 6.55. The molecule has 1 aliphatic heterocycles. The smallest absolute Gasteiger partial charge is 0.145 e. The second-order valence-corrected chi connectivity index (χ2v) is 13.1. The average molecular weight is 656 g/mol. The molecule has 0 amide bonds.